The molecule has 0 radical (unpaired) electrons. The van der Waals surface area contributed by atoms with Crippen molar-refractivity contribution in [3.05, 3.63) is 53.6 Å². The summed E-state index contributed by atoms with van der Waals surface area (Å²) < 4.78 is 38.4. The second-order valence-corrected chi connectivity index (χ2v) is 5.00. The molecule has 21 heavy (non-hydrogen) atoms. The monoisotopic (exact) mass is 314 g/mol. The van der Waals surface area contributed by atoms with Gasteiger partial charge in [0.15, 0.2) is 5.69 Å². The fraction of sp³-hybridized carbons (Fsp3) is 0.154. The molecule has 8 heteroatoms. The maximum atomic E-state index is 12.8. The molecular formula is C13H9F3N2O2S. The first-order valence-corrected chi connectivity index (χ1v) is 6.71. The minimum absolute atomic E-state index is 0.0684. The summed E-state index contributed by atoms with van der Waals surface area (Å²) in [5, 5.41) is 8.74. The van der Waals surface area contributed by atoms with Crippen molar-refractivity contribution in [2.75, 3.05) is 0 Å². The second-order valence-electron chi connectivity index (χ2n) is 3.95. The van der Waals surface area contributed by atoms with Gasteiger partial charge in [-0.05, 0) is 12.1 Å². The van der Waals surface area contributed by atoms with Gasteiger partial charge in [0.1, 0.15) is 11.4 Å². The van der Waals surface area contributed by atoms with E-state index >= 15 is 0 Å². The average molecular weight is 314 g/mol. The molecule has 0 atom stereocenters. The van der Waals surface area contributed by atoms with Crippen molar-refractivity contribution in [1.29, 1.82) is 0 Å². The van der Waals surface area contributed by atoms with Crippen molar-refractivity contribution in [1.82, 2.24) is 9.97 Å². The Bertz CT molecular complexity index is 648. The summed E-state index contributed by atoms with van der Waals surface area (Å²) in [5.41, 5.74) is -2.37. The van der Waals surface area contributed by atoms with Crippen LogP contribution in [-0.4, -0.2) is 21.0 Å². The van der Waals surface area contributed by atoms with Gasteiger partial charge in [0.25, 0.3) is 0 Å². The van der Waals surface area contributed by atoms with Crippen LogP contribution in [0.1, 0.15) is 21.9 Å². The molecule has 0 fully saturated rings. The van der Waals surface area contributed by atoms with Crippen LogP contribution in [0.25, 0.3) is 0 Å². The van der Waals surface area contributed by atoms with Crippen molar-refractivity contribution >= 4 is 17.7 Å². The molecule has 0 aliphatic rings. The molecule has 1 aromatic carbocycles. The Hall–Kier alpha value is -2.09. The quantitative estimate of drug-likeness (QED) is 0.875. The van der Waals surface area contributed by atoms with E-state index in [0.29, 0.717) is 6.20 Å². The first kappa shape index (κ1) is 15.3. The SMILES string of the molecule is O=C(O)c1cnc(CSc2ccccc2)nc1C(F)(F)F. The highest BCUT2D eigenvalue weighted by Gasteiger charge is 2.38. The fourth-order valence-corrected chi connectivity index (χ4v) is 2.31. The van der Waals surface area contributed by atoms with Gasteiger partial charge in [-0.2, -0.15) is 13.2 Å². The molecule has 0 amide bonds. The molecule has 4 nitrogen and oxygen atoms in total. The Morgan fingerprint density at radius 1 is 1.24 bits per heavy atom. The van der Waals surface area contributed by atoms with E-state index in [1.807, 2.05) is 6.07 Å². The lowest BCUT2D eigenvalue weighted by Gasteiger charge is -2.10. The number of halogens is 3. The van der Waals surface area contributed by atoms with Crippen molar-refractivity contribution in [3.8, 4) is 0 Å². The van der Waals surface area contributed by atoms with Crippen LogP contribution in [0.2, 0.25) is 0 Å². The zero-order valence-electron chi connectivity index (χ0n) is 10.5. The Kier molecular flexibility index (Phi) is 4.46. The van der Waals surface area contributed by atoms with Gasteiger partial charge in [0.05, 0.1) is 5.75 Å². The highest BCUT2D eigenvalue weighted by Crippen LogP contribution is 2.31. The molecule has 0 unspecified atom stereocenters. The number of nitrogens with zero attached hydrogens (tertiary/aromatic N) is 2. The normalized spacial score (nSPS) is 11.4. The number of rotatable bonds is 4. The van der Waals surface area contributed by atoms with E-state index in [-0.39, 0.29) is 11.6 Å². The Balaban J connectivity index is 2.24. The third kappa shape index (κ3) is 3.94. The summed E-state index contributed by atoms with van der Waals surface area (Å²) in [5.74, 6) is -1.65. The number of thioether (sulfide) groups is 1. The van der Waals surface area contributed by atoms with Crippen molar-refractivity contribution < 1.29 is 23.1 Å². The Morgan fingerprint density at radius 3 is 2.48 bits per heavy atom. The predicted molar refractivity (Wildman–Crippen MR) is 70.0 cm³/mol. The summed E-state index contributed by atoms with van der Waals surface area (Å²) in [6, 6.07) is 9.04. The van der Waals surface area contributed by atoms with E-state index in [2.05, 4.69) is 9.97 Å². The molecule has 0 saturated carbocycles. The molecule has 1 N–H and O–H groups in total. The first-order chi connectivity index (χ1) is 9.88. The third-order valence-electron chi connectivity index (χ3n) is 2.45. The van der Waals surface area contributed by atoms with Crippen LogP contribution in [0, 0.1) is 0 Å². The van der Waals surface area contributed by atoms with Crippen LogP contribution >= 0.6 is 11.8 Å². The lowest BCUT2D eigenvalue weighted by molar-refractivity contribution is -0.141. The van der Waals surface area contributed by atoms with Crippen molar-refractivity contribution in [2.24, 2.45) is 0 Å². The van der Waals surface area contributed by atoms with Crippen molar-refractivity contribution in [2.45, 2.75) is 16.8 Å². The fourth-order valence-electron chi connectivity index (χ4n) is 1.53. The highest BCUT2D eigenvalue weighted by molar-refractivity contribution is 7.98. The van der Waals surface area contributed by atoms with Crippen LogP contribution in [0.4, 0.5) is 13.2 Å². The zero-order valence-corrected chi connectivity index (χ0v) is 11.3. The average Bonchev–Trinajstić information content (AvgIpc) is 2.45. The van der Waals surface area contributed by atoms with E-state index in [1.165, 1.54) is 11.8 Å². The Morgan fingerprint density at radius 2 is 1.90 bits per heavy atom. The van der Waals surface area contributed by atoms with Crippen LogP contribution in [-0.2, 0) is 11.9 Å². The van der Waals surface area contributed by atoms with E-state index in [0.717, 1.165) is 4.90 Å². The highest BCUT2D eigenvalue weighted by atomic mass is 32.2. The molecule has 0 aliphatic carbocycles. The minimum Gasteiger partial charge on any atom is -0.478 e. The summed E-state index contributed by atoms with van der Waals surface area (Å²) in [6.07, 6.45) is -4.14. The number of carbonyl (C=O) groups is 1. The summed E-state index contributed by atoms with van der Waals surface area (Å²) >= 11 is 1.27. The predicted octanol–water partition coefficient (Wildman–Crippen LogP) is 3.49. The van der Waals surface area contributed by atoms with Crippen LogP contribution in [0.3, 0.4) is 0 Å². The largest absolute Gasteiger partial charge is 0.478 e. The molecule has 110 valence electrons. The molecule has 0 bridgehead atoms. The van der Waals surface area contributed by atoms with E-state index < -0.39 is 23.4 Å². The van der Waals surface area contributed by atoms with Gasteiger partial charge in [-0.1, -0.05) is 18.2 Å². The number of alkyl halides is 3. The lowest BCUT2D eigenvalue weighted by Crippen LogP contribution is -2.17. The summed E-state index contributed by atoms with van der Waals surface area (Å²) in [4.78, 5) is 18.7. The first-order valence-electron chi connectivity index (χ1n) is 5.72. The number of hydrogen-bond donors (Lipinski definition) is 1. The molecule has 0 aliphatic heterocycles. The van der Waals surface area contributed by atoms with Gasteiger partial charge in [-0.3, -0.25) is 0 Å². The maximum Gasteiger partial charge on any atom is 0.434 e. The smallest absolute Gasteiger partial charge is 0.434 e. The van der Waals surface area contributed by atoms with Gasteiger partial charge < -0.3 is 5.11 Å². The number of hydrogen-bond acceptors (Lipinski definition) is 4. The van der Waals surface area contributed by atoms with Crippen molar-refractivity contribution in [3.63, 3.8) is 0 Å². The summed E-state index contributed by atoms with van der Waals surface area (Å²) in [7, 11) is 0. The molecule has 1 heterocycles. The maximum absolute atomic E-state index is 12.8. The van der Waals surface area contributed by atoms with E-state index in [4.69, 9.17) is 5.11 Å². The number of benzene rings is 1. The van der Waals surface area contributed by atoms with Gasteiger partial charge in [-0.15, -0.1) is 11.8 Å². The molecule has 1 aromatic heterocycles. The van der Waals surface area contributed by atoms with Gasteiger partial charge in [0, 0.05) is 11.1 Å². The number of aromatic carboxylic acids is 1. The number of carboxylic acid groups (broad SMARTS) is 1. The standard InChI is InChI=1S/C13H9F3N2O2S/c14-13(15,16)11-9(12(19)20)6-17-10(18-11)7-21-8-4-2-1-3-5-8/h1-6H,7H2,(H,19,20). The van der Waals surface area contributed by atoms with Gasteiger partial charge in [0.2, 0.25) is 0 Å². The Labute approximate surface area is 122 Å². The molecule has 2 aromatic rings. The lowest BCUT2D eigenvalue weighted by atomic mass is 10.2. The molecule has 2 rings (SSSR count). The van der Waals surface area contributed by atoms with Crippen LogP contribution in [0.15, 0.2) is 41.4 Å². The van der Waals surface area contributed by atoms with Gasteiger partial charge >= 0.3 is 12.1 Å². The van der Waals surface area contributed by atoms with Crippen LogP contribution in [0.5, 0.6) is 0 Å². The van der Waals surface area contributed by atoms with Crippen LogP contribution < -0.4 is 0 Å². The molecule has 0 saturated heterocycles. The molecular weight excluding hydrogens is 305 g/mol. The second kappa shape index (κ2) is 6.13. The zero-order chi connectivity index (χ0) is 15.5. The van der Waals surface area contributed by atoms with E-state index in [9.17, 15) is 18.0 Å². The summed E-state index contributed by atoms with van der Waals surface area (Å²) in [6.45, 7) is 0. The number of carboxylic acids is 1. The molecule has 0 spiro atoms. The minimum atomic E-state index is -4.83. The van der Waals surface area contributed by atoms with Gasteiger partial charge in [-0.25, -0.2) is 14.8 Å². The number of aromatic nitrogens is 2. The third-order valence-corrected chi connectivity index (χ3v) is 3.46. The van der Waals surface area contributed by atoms with E-state index in [1.54, 1.807) is 24.3 Å². The topological polar surface area (TPSA) is 63.1 Å².